The van der Waals surface area contributed by atoms with Gasteiger partial charge in [-0.3, -0.25) is 4.79 Å². The lowest BCUT2D eigenvalue weighted by Crippen LogP contribution is -2.50. The molecule has 4 aliphatic rings. The van der Waals surface area contributed by atoms with E-state index in [1.165, 1.54) is 5.57 Å². The van der Waals surface area contributed by atoms with E-state index in [1.54, 1.807) is 0 Å². The van der Waals surface area contributed by atoms with Gasteiger partial charge in [-0.05, 0) is 98.8 Å². The number of furan rings is 1. The Balaban J connectivity index is 1.48. The number of fused-ring (bicyclic) bond motifs is 5. The number of allylic oxidation sites excluding steroid dienone is 2. The topological polar surface area (TPSA) is 50.4 Å². The molecule has 6 atom stereocenters. The summed E-state index contributed by atoms with van der Waals surface area (Å²) < 4.78 is 5.72. The lowest BCUT2D eigenvalue weighted by molar-refractivity contribution is -0.130. The van der Waals surface area contributed by atoms with E-state index in [9.17, 15) is 9.90 Å². The van der Waals surface area contributed by atoms with E-state index in [0.717, 1.165) is 62.0 Å². The molecule has 0 spiro atoms. The number of aliphatic hydroxyl groups excluding tert-OH is 1. The molecular formula is C25H32O3. The first-order chi connectivity index (χ1) is 13.3. The normalized spacial score (nSPS) is 44.1. The fourth-order valence-electron chi connectivity index (χ4n) is 7.14. The summed E-state index contributed by atoms with van der Waals surface area (Å²) >= 11 is 0. The maximum absolute atomic E-state index is 13.4. The quantitative estimate of drug-likeness (QED) is 0.519. The van der Waals surface area contributed by atoms with Gasteiger partial charge in [0.25, 0.3) is 0 Å². The number of hydrogen-bond donors (Lipinski definition) is 1. The molecule has 0 bridgehead atoms. The number of aliphatic hydroxyl groups is 1. The summed E-state index contributed by atoms with van der Waals surface area (Å²) in [7, 11) is 0. The van der Waals surface area contributed by atoms with Crippen LogP contribution in [0.5, 0.6) is 0 Å². The van der Waals surface area contributed by atoms with E-state index in [0.29, 0.717) is 23.5 Å². The van der Waals surface area contributed by atoms with Crippen molar-refractivity contribution in [3.63, 3.8) is 0 Å². The fourth-order valence-corrected chi connectivity index (χ4v) is 7.14. The van der Waals surface area contributed by atoms with Gasteiger partial charge in [0.15, 0.2) is 5.78 Å². The van der Waals surface area contributed by atoms with Crippen molar-refractivity contribution in [2.24, 2.45) is 28.6 Å². The molecule has 1 heterocycles. The first-order valence-electron chi connectivity index (χ1n) is 11.0. The highest BCUT2D eigenvalue weighted by atomic mass is 16.3. The van der Waals surface area contributed by atoms with Gasteiger partial charge in [-0.1, -0.05) is 25.5 Å². The molecule has 3 fully saturated rings. The first-order valence-corrected chi connectivity index (χ1v) is 11.0. The van der Waals surface area contributed by atoms with Crippen LogP contribution in [0.25, 0.3) is 6.08 Å². The lowest BCUT2D eigenvalue weighted by Gasteiger charge is -2.56. The lowest BCUT2D eigenvalue weighted by atomic mass is 9.48. The standard InChI is InChI=1S/C25H32O3/c1-15-4-6-19(28-15)12-16-13-22-20-7-5-17-14-18(26)8-10-24(17,2)21(20)9-11-25(22,3)23(16)27/h4-6,12,18,20-22,26H,7-11,13-14H2,1-3H3/b16-12-/t18-,20-,21+,22+,24-,25+/m0/s1. The summed E-state index contributed by atoms with van der Waals surface area (Å²) in [5, 5.41) is 10.2. The van der Waals surface area contributed by atoms with Crippen LogP contribution >= 0.6 is 0 Å². The van der Waals surface area contributed by atoms with E-state index >= 15 is 0 Å². The Hall–Kier alpha value is -1.61. The summed E-state index contributed by atoms with van der Waals surface area (Å²) in [6.07, 6.45) is 11.2. The number of ketones is 1. The number of carbonyl (C=O) groups excluding carboxylic acids is 1. The zero-order valence-electron chi connectivity index (χ0n) is 17.3. The highest BCUT2D eigenvalue weighted by Gasteiger charge is 2.59. The van der Waals surface area contributed by atoms with Crippen LogP contribution in [-0.2, 0) is 4.79 Å². The summed E-state index contributed by atoms with van der Waals surface area (Å²) in [5.41, 5.74) is 2.45. The molecule has 0 aromatic carbocycles. The Kier molecular flexibility index (Phi) is 4.07. The highest BCUT2D eigenvalue weighted by Crippen LogP contribution is 2.64. The van der Waals surface area contributed by atoms with Gasteiger partial charge in [0, 0.05) is 5.41 Å². The third-order valence-corrected chi connectivity index (χ3v) is 8.80. The molecule has 150 valence electrons. The van der Waals surface area contributed by atoms with Gasteiger partial charge < -0.3 is 9.52 Å². The van der Waals surface area contributed by atoms with Crippen molar-refractivity contribution in [2.45, 2.75) is 71.8 Å². The van der Waals surface area contributed by atoms with Gasteiger partial charge in [-0.2, -0.15) is 0 Å². The highest BCUT2D eigenvalue weighted by molar-refractivity contribution is 6.05. The molecule has 1 aromatic rings. The van der Waals surface area contributed by atoms with Gasteiger partial charge in [-0.15, -0.1) is 0 Å². The number of aryl methyl sites for hydroxylation is 1. The van der Waals surface area contributed by atoms with Crippen molar-refractivity contribution < 1.29 is 14.3 Å². The molecule has 0 radical (unpaired) electrons. The number of carbonyl (C=O) groups is 1. The van der Waals surface area contributed by atoms with Crippen LogP contribution in [0.3, 0.4) is 0 Å². The van der Waals surface area contributed by atoms with Crippen molar-refractivity contribution in [3.8, 4) is 0 Å². The second-order valence-electron chi connectivity index (χ2n) is 10.3. The van der Waals surface area contributed by atoms with Gasteiger partial charge >= 0.3 is 0 Å². The third kappa shape index (κ3) is 2.55. The van der Waals surface area contributed by atoms with E-state index in [2.05, 4.69) is 19.9 Å². The smallest absolute Gasteiger partial charge is 0.165 e. The van der Waals surface area contributed by atoms with E-state index in [4.69, 9.17) is 4.42 Å². The van der Waals surface area contributed by atoms with Crippen LogP contribution in [0.2, 0.25) is 0 Å². The molecule has 5 rings (SSSR count). The van der Waals surface area contributed by atoms with E-state index < -0.39 is 0 Å². The second-order valence-corrected chi connectivity index (χ2v) is 10.3. The van der Waals surface area contributed by atoms with Crippen molar-refractivity contribution in [2.75, 3.05) is 0 Å². The predicted molar refractivity (Wildman–Crippen MR) is 110 cm³/mol. The predicted octanol–water partition coefficient (Wildman–Crippen LogP) is 5.47. The minimum absolute atomic E-state index is 0.163. The van der Waals surface area contributed by atoms with E-state index in [1.807, 2.05) is 25.1 Å². The summed E-state index contributed by atoms with van der Waals surface area (Å²) in [6, 6.07) is 3.93. The molecule has 1 N–H and O–H groups in total. The van der Waals surface area contributed by atoms with Gasteiger partial charge in [-0.25, -0.2) is 0 Å². The average molecular weight is 381 g/mol. The average Bonchev–Trinajstić information content (AvgIpc) is 3.18. The van der Waals surface area contributed by atoms with Crippen LogP contribution in [0.1, 0.15) is 70.3 Å². The molecular weight excluding hydrogens is 348 g/mol. The molecule has 0 saturated heterocycles. The van der Waals surface area contributed by atoms with Crippen LogP contribution in [-0.4, -0.2) is 17.0 Å². The number of hydrogen-bond acceptors (Lipinski definition) is 3. The van der Waals surface area contributed by atoms with Crippen LogP contribution in [0.15, 0.2) is 33.8 Å². The number of rotatable bonds is 1. The molecule has 3 heteroatoms. The Morgan fingerprint density at radius 3 is 2.64 bits per heavy atom. The van der Waals surface area contributed by atoms with Crippen LogP contribution in [0, 0.1) is 35.5 Å². The molecule has 0 amide bonds. The molecule has 3 nitrogen and oxygen atoms in total. The SMILES string of the molecule is Cc1ccc(/C=C2/C[C@@H]3[C@H]4CC=C5C[C@@H](O)CC[C@]5(C)[C@@H]4CC[C@@]3(C)C2=O)o1. The Morgan fingerprint density at radius 1 is 1.11 bits per heavy atom. The molecule has 28 heavy (non-hydrogen) atoms. The first kappa shape index (κ1) is 18.4. The maximum Gasteiger partial charge on any atom is 0.165 e. The largest absolute Gasteiger partial charge is 0.462 e. The monoisotopic (exact) mass is 380 g/mol. The van der Waals surface area contributed by atoms with Crippen LogP contribution in [0.4, 0.5) is 0 Å². The zero-order chi connectivity index (χ0) is 19.7. The van der Waals surface area contributed by atoms with Crippen molar-refractivity contribution in [3.05, 3.63) is 40.9 Å². The Labute approximate surface area is 167 Å². The summed E-state index contributed by atoms with van der Waals surface area (Å²) in [5.74, 6) is 3.70. The molecule has 0 unspecified atom stereocenters. The molecule has 3 saturated carbocycles. The minimum atomic E-state index is -0.218. The Morgan fingerprint density at radius 2 is 1.89 bits per heavy atom. The molecule has 1 aromatic heterocycles. The summed E-state index contributed by atoms with van der Waals surface area (Å²) in [4.78, 5) is 13.4. The van der Waals surface area contributed by atoms with E-state index in [-0.39, 0.29) is 16.9 Å². The zero-order valence-corrected chi connectivity index (χ0v) is 17.3. The van der Waals surface area contributed by atoms with Gasteiger partial charge in [0.05, 0.1) is 6.10 Å². The molecule has 0 aliphatic heterocycles. The maximum atomic E-state index is 13.4. The summed E-state index contributed by atoms with van der Waals surface area (Å²) in [6.45, 7) is 6.60. The third-order valence-electron chi connectivity index (χ3n) is 8.80. The second kappa shape index (κ2) is 6.19. The molecule has 4 aliphatic carbocycles. The number of Topliss-reactive ketones (excluding diaryl/α,β-unsaturated/α-hetero) is 1. The van der Waals surface area contributed by atoms with Gasteiger partial charge in [0.2, 0.25) is 0 Å². The fraction of sp³-hybridized carbons (Fsp3) is 0.640. The van der Waals surface area contributed by atoms with Crippen molar-refractivity contribution >= 4 is 11.9 Å². The van der Waals surface area contributed by atoms with Gasteiger partial charge in [0.1, 0.15) is 11.5 Å². The minimum Gasteiger partial charge on any atom is -0.462 e. The van der Waals surface area contributed by atoms with Crippen molar-refractivity contribution in [1.29, 1.82) is 0 Å². The van der Waals surface area contributed by atoms with Crippen molar-refractivity contribution in [1.82, 2.24) is 0 Å². The van der Waals surface area contributed by atoms with Crippen LogP contribution < -0.4 is 0 Å². The Bertz CT molecular complexity index is 874.